The molecule has 2 aliphatic rings. The first-order valence-corrected chi connectivity index (χ1v) is 5.23. The number of rotatable bonds is 4. The smallest absolute Gasteiger partial charge is 0.102 e. The molecule has 1 saturated heterocycles. The molecule has 1 heterocycles. The Morgan fingerprint density at radius 2 is 2.38 bits per heavy atom. The SMILES string of the molecule is CC(NCC1(O)CCOC1)C1CC1. The number of ether oxygens (including phenoxy) is 1. The summed E-state index contributed by atoms with van der Waals surface area (Å²) in [6, 6.07) is 0.560. The molecule has 0 aromatic rings. The molecule has 0 radical (unpaired) electrons. The van der Waals surface area contributed by atoms with Gasteiger partial charge in [0.15, 0.2) is 0 Å². The van der Waals surface area contributed by atoms with Gasteiger partial charge < -0.3 is 15.2 Å². The zero-order chi connectivity index (χ0) is 9.31. The Labute approximate surface area is 79.5 Å². The van der Waals surface area contributed by atoms with E-state index in [9.17, 15) is 5.11 Å². The van der Waals surface area contributed by atoms with Gasteiger partial charge in [0.25, 0.3) is 0 Å². The van der Waals surface area contributed by atoms with Gasteiger partial charge in [-0.05, 0) is 25.7 Å². The van der Waals surface area contributed by atoms with Gasteiger partial charge in [-0.2, -0.15) is 0 Å². The third kappa shape index (κ3) is 2.42. The summed E-state index contributed by atoms with van der Waals surface area (Å²) in [5.74, 6) is 0.853. The van der Waals surface area contributed by atoms with Crippen molar-refractivity contribution in [2.45, 2.75) is 37.8 Å². The lowest BCUT2D eigenvalue weighted by atomic mass is 10.0. The quantitative estimate of drug-likeness (QED) is 0.671. The van der Waals surface area contributed by atoms with E-state index in [2.05, 4.69) is 12.2 Å². The van der Waals surface area contributed by atoms with Crippen LogP contribution < -0.4 is 5.32 Å². The zero-order valence-corrected chi connectivity index (χ0v) is 8.25. The second kappa shape index (κ2) is 3.56. The normalized spacial score (nSPS) is 36.5. The predicted octanol–water partition coefficient (Wildman–Crippen LogP) is 0.526. The fourth-order valence-corrected chi connectivity index (χ4v) is 1.85. The first-order chi connectivity index (χ1) is 6.20. The van der Waals surface area contributed by atoms with Crippen molar-refractivity contribution < 1.29 is 9.84 Å². The van der Waals surface area contributed by atoms with Crippen LogP contribution in [0.25, 0.3) is 0 Å². The summed E-state index contributed by atoms with van der Waals surface area (Å²) in [4.78, 5) is 0. The van der Waals surface area contributed by atoms with Crippen molar-refractivity contribution in [1.29, 1.82) is 0 Å². The van der Waals surface area contributed by atoms with Crippen LogP contribution in [0.5, 0.6) is 0 Å². The summed E-state index contributed by atoms with van der Waals surface area (Å²) >= 11 is 0. The molecule has 0 bridgehead atoms. The lowest BCUT2D eigenvalue weighted by Gasteiger charge is -2.23. The average Bonchev–Trinajstić information content (AvgIpc) is 2.87. The van der Waals surface area contributed by atoms with E-state index in [-0.39, 0.29) is 0 Å². The maximum absolute atomic E-state index is 9.95. The Morgan fingerprint density at radius 3 is 2.92 bits per heavy atom. The highest BCUT2D eigenvalue weighted by atomic mass is 16.5. The molecule has 1 aliphatic carbocycles. The molecule has 13 heavy (non-hydrogen) atoms. The number of hydrogen-bond acceptors (Lipinski definition) is 3. The summed E-state index contributed by atoms with van der Waals surface area (Å²) in [6.07, 6.45) is 3.48. The van der Waals surface area contributed by atoms with E-state index >= 15 is 0 Å². The van der Waals surface area contributed by atoms with Gasteiger partial charge in [0, 0.05) is 25.6 Å². The molecular formula is C10H19NO2. The van der Waals surface area contributed by atoms with Gasteiger partial charge >= 0.3 is 0 Å². The van der Waals surface area contributed by atoms with Crippen LogP contribution in [0.15, 0.2) is 0 Å². The standard InChI is InChI=1S/C10H19NO2/c1-8(9-2-3-9)11-6-10(12)4-5-13-7-10/h8-9,11-12H,2-7H2,1H3. The summed E-state index contributed by atoms with van der Waals surface area (Å²) in [5.41, 5.74) is -0.594. The first-order valence-electron chi connectivity index (χ1n) is 5.23. The van der Waals surface area contributed by atoms with E-state index in [1.54, 1.807) is 0 Å². The van der Waals surface area contributed by atoms with Gasteiger partial charge in [0.2, 0.25) is 0 Å². The predicted molar refractivity (Wildman–Crippen MR) is 50.6 cm³/mol. The molecule has 3 nitrogen and oxygen atoms in total. The molecule has 1 aliphatic heterocycles. The van der Waals surface area contributed by atoms with Crippen molar-refractivity contribution in [1.82, 2.24) is 5.32 Å². The Kier molecular flexibility index (Phi) is 2.58. The van der Waals surface area contributed by atoms with Gasteiger partial charge in [-0.3, -0.25) is 0 Å². The van der Waals surface area contributed by atoms with Crippen molar-refractivity contribution in [3.05, 3.63) is 0 Å². The van der Waals surface area contributed by atoms with Crippen LogP contribution >= 0.6 is 0 Å². The van der Waals surface area contributed by atoms with Crippen molar-refractivity contribution >= 4 is 0 Å². The largest absolute Gasteiger partial charge is 0.386 e. The average molecular weight is 185 g/mol. The minimum Gasteiger partial charge on any atom is -0.386 e. The molecule has 0 aromatic heterocycles. The van der Waals surface area contributed by atoms with E-state index < -0.39 is 5.60 Å². The lowest BCUT2D eigenvalue weighted by molar-refractivity contribution is 0.0247. The molecule has 0 amide bonds. The van der Waals surface area contributed by atoms with Crippen molar-refractivity contribution in [2.24, 2.45) is 5.92 Å². The molecule has 2 fully saturated rings. The lowest BCUT2D eigenvalue weighted by Crippen LogP contribution is -2.44. The molecule has 2 rings (SSSR count). The topological polar surface area (TPSA) is 41.5 Å². The molecule has 0 aromatic carbocycles. The Morgan fingerprint density at radius 1 is 1.62 bits per heavy atom. The number of nitrogens with one attached hydrogen (secondary N) is 1. The van der Waals surface area contributed by atoms with E-state index in [1.807, 2.05) is 0 Å². The fraction of sp³-hybridized carbons (Fsp3) is 1.00. The Balaban J connectivity index is 1.70. The second-order valence-electron chi connectivity index (χ2n) is 4.53. The van der Waals surface area contributed by atoms with Crippen LogP contribution in [-0.4, -0.2) is 36.5 Å². The molecule has 1 saturated carbocycles. The van der Waals surface area contributed by atoms with Gasteiger partial charge in [0.05, 0.1) is 6.61 Å². The molecule has 2 unspecified atom stereocenters. The van der Waals surface area contributed by atoms with Crippen LogP contribution in [0.2, 0.25) is 0 Å². The highest BCUT2D eigenvalue weighted by molar-refractivity contribution is 4.89. The maximum Gasteiger partial charge on any atom is 0.102 e. The monoisotopic (exact) mass is 185 g/mol. The second-order valence-corrected chi connectivity index (χ2v) is 4.53. The maximum atomic E-state index is 9.95. The highest BCUT2D eigenvalue weighted by Gasteiger charge is 2.34. The third-order valence-electron chi connectivity index (χ3n) is 3.16. The number of hydrogen-bond donors (Lipinski definition) is 2. The van der Waals surface area contributed by atoms with Gasteiger partial charge in [-0.25, -0.2) is 0 Å². The van der Waals surface area contributed by atoms with E-state index in [0.717, 1.165) is 12.3 Å². The molecule has 0 spiro atoms. The summed E-state index contributed by atoms with van der Waals surface area (Å²) < 4.78 is 5.18. The number of aliphatic hydroxyl groups is 1. The van der Waals surface area contributed by atoms with Crippen LogP contribution in [-0.2, 0) is 4.74 Å². The molecule has 2 atom stereocenters. The van der Waals surface area contributed by atoms with E-state index in [1.165, 1.54) is 12.8 Å². The molecule has 3 heteroatoms. The van der Waals surface area contributed by atoms with Gasteiger partial charge in [0.1, 0.15) is 5.60 Å². The summed E-state index contributed by atoms with van der Waals surface area (Å²) in [7, 11) is 0. The Hall–Kier alpha value is -0.120. The third-order valence-corrected chi connectivity index (χ3v) is 3.16. The zero-order valence-electron chi connectivity index (χ0n) is 8.25. The van der Waals surface area contributed by atoms with Crippen LogP contribution in [0.4, 0.5) is 0 Å². The van der Waals surface area contributed by atoms with Gasteiger partial charge in [-0.1, -0.05) is 0 Å². The molecule has 76 valence electrons. The van der Waals surface area contributed by atoms with Crippen molar-refractivity contribution in [3.63, 3.8) is 0 Å². The summed E-state index contributed by atoms with van der Waals surface area (Å²) in [5, 5.41) is 13.4. The fourth-order valence-electron chi connectivity index (χ4n) is 1.85. The first kappa shape index (κ1) is 9.44. The van der Waals surface area contributed by atoms with Crippen LogP contribution in [0.1, 0.15) is 26.2 Å². The highest BCUT2D eigenvalue weighted by Crippen LogP contribution is 2.32. The van der Waals surface area contributed by atoms with Crippen molar-refractivity contribution in [3.8, 4) is 0 Å². The summed E-state index contributed by atoms with van der Waals surface area (Å²) in [6.45, 7) is 4.09. The van der Waals surface area contributed by atoms with Gasteiger partial charge in [-0.15, -0.1) is 0 Å². The Bertz CT molecular complexity index is 174. The van der Waals surface area contributed by atoms with Crippen LogP contribution in [0.3, 0.4) is 0 Å². The van der Waals surface area contributed by atoms with E-state index in [4.69, 9.17) is 4.74 Å². The minimum absolute atomic E-state index is 0.497. The van der Waals surface area contributed by atoms with Crippen LogP contribution in [0, 0.1) is 5.92 Å². The minimum atomic E-state index is -0.594. The van der Waals surface area contributed by atoms with E-state index in [0.29, 0.717) is 25.8 Å². The van der Waals surface area contributed by atoms with Crippen molar-refractivity contribution in [2.75, 3.05) is 19.8 Å². The molecular weight excluding hydrogens is 166 g/mol. The molecule has 2 N–H and O–H groups in total.